The van der Waals surface area contributed by atoms with Crippen LogP contribution in [0.5, 0.6) is 5.75 Å². The van der Waals surface area contributed by atoms with Crippen LogP contribution in [0, 0.1) is 0 Å². The summed E-state index contributed by atoms with van der Waals surface area (Å²) in [5, 5.41) is 12.2. The predicted molar refractivity (Wildman–Crippen MR) is 97.4 cm³/mol. The minimum atomic E-state index is -0.920. The van der Waals surface area contributed by atoms with Gasteiger partial charge in [0.1, 0.15) is 12.4 Å². The summed E-state index contributed by atoms with van der Waals surface area (Å²) in [5.41, 5.74) is 4.13. The number of hydrogen-bond donors (Lipinski definition) is 2. The Morgan fingerprint density at radius 3 is 2.83 bits per heavy atom. The van der Waals surface area contributed by atoms with E-state index in [1.54, 1.807) is 36.0 Å². The molecule has 1 atom stereocenters. The number of carboxylic acid groups (broad SMARTS) is 1. The van der Waals surface area contributed by atoms with E-state index in [1.165, 1.54) is 0 Å². The number of anilines is 1. The van der Waals surface area contributed by atoms with E-state index in [9.17, 15) is 4.79 Å². The molecule has 0 spiro atoms. The first-order valence-electron chi connectivity index (χ1n) is 7.63. The molecule has 0 fully saturated rings. The molecule has 0 amide bonds. The normalized spacial score (nSPS) is 16.1. The van der Waals surface area contributed by atoms with Crippen molar-refractivity contribution in [1.82, 2.24) is 0 Å². The van der Waals surface area contributed by atoms with Crippen molar-refractivity contribution in [2.75, 3.05) is 17.7 Å². The lowest BCUT2D eigenvalue weighted by molar-refractivity contribution is 0.0697. The van der Waals surface area contributed by atoms with Crippen molar-refractivity contribution in [3.05, 3.63) is 59.7 Å². The standard InChI is InChI=1S/C18H18N2O3S/c21-18(22)14-4-6-15(7-5-14)19-9-13-2-1-3-17(8-13)23-10-16-11-24-12-20-16/h1-8,12,16,19H,9-11H2,(H,21,22). The van der Waals surface area contributed by atoms with E-state index >= 15 is 0 Å². The molecule has 2 N–H and O–H groups in total. The Morgan fingerprint density at radius 1 is 1.29 bits per heavy atom. The molecule has 0 saturated carbocycles. The highest BCUT2D eigenvalue weighted by atomic mass is 32.2. The molecule has 24 heavy (non-hydrogen) atoms. The second-order valence-electron chi connectivity index (χ2n) is 5.44. The number of rotatable bonds is 7. The molecule has 0 radical (unpaired) electrons. The fourth-order valence-electron chi connectivity index (χ4n) is 2.29. The largest absolute Gasteiger partial charge is 0.491 e. The minimum absolute atomic E-state index is 0.240. The van der Waals surface area contributed by atoms with Crippen LogP contribution in [0.25, 0.3) is 0 Å². The monoisotopic (exact) mass is 342 g/mol. The number of aromatic carboxylic acids is 1. The van der Waals surface area contributed by atoms with Crippen molar-refractivity contribution in [1.29, 1.82) is 0 Å². The van der Waals surface area contributed by atoms with Crippen LogP contribution in [0.1, 0.15) is 15.9 Å². The van der Waals surface area contributed by atoms with Gasteiger partial charge in [0.05, 0.1) is 17.2 Å². The second kappa shape index (κ2) is 7.88. The van der Waals surface area contributed by atoms with Crippen LogP contribution in [-0.2, 0) is 6.54 Å². The van der Waals surface area contributed by atoms with E-state index in [0.29, 0.717) is 13.2 Å². The van der Waals surface area contributed by atoms with Gasteiger partial charge >= 0.3 is 5.97 Å². The van der Waals surface area contributed by atoms with Crippen LogP contribution < -0.4 is 10.1 Å². The molecule has 2 aromatic rings. The molecule has 0 bridgehead atoms. The summed E-state index contributed by atoms with van der Waals surface area (Å²) >= 11 is 1.71. The molecule has 0 aromatic heterocycles. The highest BCUT2D eigenvalue weighted by molar-refractivity contribution is 8.12. The lowest BCUT2D eigenvalue weighted by Crippen LogP contribution is -2.15. The summed E-state index contributed by atoms with van der Waals surface area (Å²) in [7, 11) is 0. The zero-order valence-corrected chi connectivity index (χ0v) is 13.8. The number of nitrogens with one attached hydrogen (secondary N) is 1. The van der Waals surface area contributed by atoms with E-state index < -0.39 is 5.97 Å². The average Bonchev–Trinajstić information content (AvgIpc) is 3.12. The molecule has 3 rings (SSSR count). The third kappa shape index (κ3) is 4.52. The SMILES string of the molecule is O=C(O)c1ccc(NCc2cccc(OCC3CSC=N3)c2)cc1. The Bertz CT molecular complexity index is 731. The first kappa shape index (κ1) is 16.4. The zero-order valence-electron chi connectivity index (χ0n) is 13.0. The fourth-order valence-corrected chi connectivity index (χ4v) is 3.04. The molecule has 0 aliphatic carbocycles. The van der Waals surface area contributed by atoms with Crippen LogP contribution in [0.2, 0.25) is 0 Å². The maximum absolute atomic E-state index is 10.8. The molecule has 2 aromatic carbocycles. The third-order valence-corrected chi connectivity index (χ3v) is 4.45. The Morgan fingerprint density at radius 2 is 2.12 bits per heavy atom. The van der Waals surface area contributed by atoms with Gasteiger partial charge in [-0.2, -0.15) is 0 Å². The summed E-state index contributed by atoms with van der Waals surface area (Å²) in [6.07, 6.45) is 0. The van der Waals surface area contributed by atoms with Gasteiger partial charge in [-0.25, -0.2) is 4.79 Å². The van der Waals surface area contributed by atoms with Gasteiger partial charge in [0.15, 0.2) is 0 Å². The molecule has 124 valence electrons. The van der Waals surface area contributed by atoms with Crippen LogP contribution in [0.4, 0.5) is 5.69 Å². The number of carbonyl (C=O) groups is 1. The number of hydrogen-bond acceptors (Lipinski definition) is 5. The lowest BCUT2D eigenvalue weighted by atomic mass is 10.2. The Balaban J connectivity index is 1.54. The summed E-state index contributed by atoms with van der Waals surface area (Å²) in [4.78, 5) is 15.2. The molecule has 1 aliphatic heterocycles. The highest BCUT2D eigenvalue weighted by Gasteiger charge is 2.11. The molecule has 6 heteroatoms. The van der Waals surface area contributed by atoms with Gasteiger partial charge in [0.2, 0.25) is 0 Å². The topological polar surface area (TPSA) is 70.9 Å². The van der Waals surface area contributed by atoms with Crippen molar-refractivity contribution in [2.24, 2.45) is 4.99 Å². The Labute approximate surface area is 144 Å². The first-order valence-corrected chi connectivity index (χ1v) is 8.68. The molecule has 1 unspecified atom stereocenters. The minimum Gasteiger partial charge on any atom is -0.491 e. The summed E-state index contributed by atoms with van der Waals surface area (Å²) < 4.78 is 5.80. The Kier molecular flexibility index (Phi) is 5.38. The van der Waals surface area contributed by atoms with Crippen molar-refractivity contribution < 1.29 is 14.6 Å². The van der Waals surface area contributed by atoms with Gasteiger partial charge in [-0.15, -0.1) is 11.8 Å². The molecular weight excluding hydrogens is 324 g/mol. The number of carboxylic acids is 1. The van der Waals surface area contributed by atoms with Crippen LogP contribution in [0.15, 0.2) is 53.5 Å². The quantitative estimate of drug-likeness (QED) is 0.805. The average molecular weight is 342 g/mol. The maximum atomic E-state index is 10.8. The van der Waals surface area contributed by atoms with E-state index in [1.807, 2.05) is 29.8 Å². The van der Waals surface area contributed by atoms with E-state index in [2.05, 4.69) is 10.3 Å². The molecule has 1 heterocycles. The molecular formula is C18H18N2O3S. The molecule has 5 nitrogen and oxygen atoms in total. The van der Waals surface area contributed by atoms with Gasteiger partial charge in [0, 0.05) is 18.0 Å². The Hall–Kier alpha value is -2.47. The number of nitrogens with zero attached hydrogens (tertiary/aromatic N) is 1. The van der Waals surface area contributed by atoms with E-state index in [-0.39, 0.29) is 11.6 Å². The van der Waals surface area contributed by atoms with Crippen LogP contribution in [0.3, 0.4) is 0 Å². The van der Waals surface area contributed by atoms with Gasteiger partial charge in [0.25, 0.3) is 0 Å². The summed E-state index contributed by atoms with van der Waals surface area (Å²) in [5.74, 6) is 0.896. The van der Waals surface area contributed by atoms with E-state index in [4.69, 9.17) is 9.84 Å². The van der Waals surface area contributed by atoms with Crippen molar-refractivity contribution in [2.45, 2.75) is 12.6 Å². The molecule has 1 aliphatic rings. The van der Waals surface area contributed by atoms with Crippen LogP contribution >= 0.6 is 11.8 Å². The van der Waals surface area contributed by atoms with Gasteiger partial charge < -0.3 is 15.2 Å². The summed E-state index contributed by atoms with van der Waals surface area (Å²) in [6, 6.07) is 14.9. The number of thioether (sulfide) groups is 1. The van der Waals surface area contributed by atoms with Crippen molar-refractivity contribution in [3.8, 4) is 5.75 Å². The highest BCUT2D eigenvalue weighted by Crippen LogP contribution is 2.18. The van der Waals surface area contributed by atoms with Gasteiger partial charge in [-0.05, 0) is 42.0 Å². The van der Waals surface area contributed by atoms with Crippen molar-refractivity contribution in [3.63, 3.8) is 0 Å². The first-order chi connectivity index (χ1) is 11.7. The number of ether oxygens (including phenoxy) is 1. The van der Waals surface area contributed by atoms with E-state index in [0.717, 1.165) is 22.8 Å². The third-order valence-electron chi connectivity index (χ3n) is 3.60. The number of benzene rings is 2. The lowest BCUT2D eigenvalue weighted by Gasteiger charge is -2.11. The zero-order chi connectivity index (χ0) is 16.8. The van der Waals surface area contributed by atoms with Gasteiger partial charge in [-0.1, -0.05) is 12.1 Å². The predicted octanol–water partition coefficient (Wildman–Crippen LogP) is 3.52. The second-order valence-corrected chi connectivity index (χ2v) is 6.31. The van der Waals surface area contributed by atoms with Crippen LogP contribution in [-0.4, -0.2) is 35.0 Å². The smallest absolute Gasteiger partial charge is 0.335 e. The fraction of sp³-hybridized carbons (Fsp3) is 0.222. The van der Waals surface area contributed by atoms with Crippen molar-refractivity contribution >= 4 is 29.0 Å². The molecule has 0 saturated heterocycles. The number of aliphatic imine (C=N–C) groups is 1. The van der Waals surface area contributed by atoms with Gasteiger partial charge in [-0.3, -0.25) is 4.99 Å². The summed E-state index contributed by atoms with van der Waals surface area (Å²) in [6.45, 7) is 1.23. The maximum Gasteiger partial charge on any atom is 0.335 e.